The molecule has 0 bridgehead atoms. The van der Waals surface area contributed by atoms with Gasteiger partial charge in [0.2, 0.25) is 0 Å². The molecule has 0 spiro atoms. The van der Waals surface area contributed by atoms with E-state index in [4.69, 9.17) is 9.47 Å². The lowest BCUT2D eigenvalue weighted by Crippen LogP contribution is -2.14. The van der Waals surface area contributed by atoms with Crippen LogP contribution in [-0.4, -0.2) is 12.5 Å². The van der Waals surface area contributed by atoms with E-state index in [1.807, 2.05) is 69.3 Å². The minimum Gasteiger partial charge on any atom is -0.490 e. The van der Waals surface area contributed by atoms with Gasteiger partial charge in [-0.2, -0.15) is 5.26 Å². The first-order valence-corrected chi connectivity index (χ1v) is 12.2. The predicted molar refractivity (Wildman–Crippen MR) is 142 cm³/mol. The third-order valence-corrected chi connectivity index (χ3v) is 6.19. The molecule has 0 aliphatic rings. The number of halogens is 2. The van der Waals surface area contributed by atoms with Gasteiger partial charge in [0, 0.05) is 14.6 Å². The Kier molecular flexibility index (Phi) is 8.91. The van der Waals surface area contributed by atoms with Crippen LogP contribution in [0.15, 0.2) is 69.1 Å². The van der Waals surface area contributed by atoms with Gasteiger partial charge >= 0.3 is 0 Å². The molecule has 0 radical (unpaired) electrons. The molecule has 0 aromatic heterocycles. The average molecular weight is 584 g/mol. The number of amides is 1. The Balaban J connectivity index is 1.86. The van der Waals surface area contributed by atoms with E-state index in [0.717, 1.165) is 21.2 Å². The number of rotatable bonds is 8. The number of carbonyl (C=O) groups is 1. The van der Waals surface area contributed by atoms with Crippen LogP contribution in [-0.2, 0) is 11.4 Å². The van der Waals surface area contributed by atoms with E-state index in [9.17, 15) is 10.1 Å². The maximum atomic E-state index is 12.8. The van der Waals surface area contributed by atoms with Crippen molar-refractivity contribution in [1.82, 2.24) is 0 Å². The Morgan fingerprint density at radius 1 is 1.03 bits per heavy atom. The van der Waals surface area contributed by atoms with Crippen molar-refractivity contribution in [3.05, 3.63) is 91.4 Å². The number of carbonyl (C=O) groups excluding carboxylic acids is 1. The largest absolute Gasteiger partial charge is 0.490 e. The van der Waals surface area contributed by atoms with E-state index < -0.39 is 5.91 Å². The molecule has 1 N–H and O–H groups in total. The number of ether oxygens (including phenoxy) is 2. The molecule has 0 fully saturated rings. The number of benzene rings is 3. The van der Waals surface area contributed by atoms with Crippen LogP contribution in [0.3, 0.4) is 0 Å². The maximum Gasteiger partial charge on any atom is 0.266 e. The first-order valence-electron chi connectivity index (χ1n) is 10.6. The van der Waals surface area contributed by atoms with Crippen LogP contribution in [0, 0.1) is 25.2 Å². The highest BCUT2D eigenvalue weighted by Gasteiger charge is 2.15. The molecule has 0 unspecified atom stereocenters. The fraction of sp³-hybridized carbons (Fsp3) is 0.185. The van der Waals surface area contributed by atoms with Crippen molar-refractivity contribution in [2.24, 2.45) is 0 Å². The molecule has 3 aromatic carbocycles. The van der Waals surface area contributed by atoms with E-state index in [2.05, 4.69) is 37.2 Å². The molecular weight excluding hydrogens is 560 g/mol. The topological polar surface area (TPSA) is 71.3 Å². The van der Waals surface area contributed by atoms with Gasteiger partial charge in [0.1, 0.15) is 18.2 Å². The molecule has 5 nitrogen and oxygen atoms in total. The van der Waals surface area contributed by atoms with Crippen molar-refractivity contribution < 1.29 is 14.3 Å². The summed E-state index contributed by atoms with van der Waals surface area (Å²) in [6.45, 7) is 6.55. The van der Waals surface area contributed by atoms with Gasteiger partial charge in [-0.15, -0.1) is 0 Å². The fourth-order valence-electron chi connectivity index (χ4n) is 3.15. The Hall–Kier alpha value is -3.08. The highest BCUT2D eigenvalue weighted by Crippen LogP contribution is 2.35. The zero-order valence-corrected chi connectivity index (χ0v) is 22.3. The first-order chi connectivity index (χ1) is 16.3. The molecule has 0 atom stereocenters. The van der Waals surface area contributed by atoms with Crippen LogP contribution in [0.2, 0.25) is 0 Å². The number of hydrogen-bond acceptors (Lipinski definition) is 4. The number of anilines is 1. The number of aryl methyl sites for hydroxylation is 2. The van der Waals surface area contributed by atoms with Crippen molar-refractivity contribution in [3.8, 4) is 17.6 Å². The molecule has 174 valence electrons. The normalized spacial score (nSPS) is 11.0. The Bertz CT molecular complexity index is 1260. The van der Waals surface area contributed by atoms with Gasteiger partial charge in [0.05, 0.1) is 6.61 Å². The minimum absolute atomic E-state index is 0.0208. The SMILES string of the molecule is CCOc1cc(/C=C(\C#N)C(=O)Nc2cc(C)ccc2C)c(Br)cc1OCc1ccc(Br)cc1. The second-order valence-corrected chi connectivity index (χ2v) is 9.38. The van der Waals surface area contributed by atoms with Crippen molar-refractivity contribution in [2.45, 2.75) is 27.4 Å². The number of nitriles is 1. The monoisotopic (exact) mass is 582 g/mol. The average Bonchev–Trinajstić information content (AvgIpc) is 2.81. The molecule has 3 rings (SSSR count). The van der Waals surface area contributed by atoms with Crippen LogP contribution in [0.4, 0.5) is 5.69 Å². The van der Waals surface area contributed by atoms with Gasteiger partial charge in [-0.1, -0.05) is 56.1 Å². The van der Waals surface area contributed by atoms with Crippen LogP contribution in [0.25, 0.3) is 6.08 Å². The Labute approximate surface area is 216 Å². The lowest BCUT2D eigenvalue weighted by molar-refractivity contribution is -0.112. The molecule has 0 aliphatic heterocycles. The van der Waals surface area contributed by atoms with Crippen LogP contribution in [0.1, 0.15) is 29.2 Å². The molecule has 0 heterocycles. The smallest absolute Gasteiger partial charge is 0.266 e. The van der Waals surface area contributed by atoms with Gasteiger partial charge in [0.15, 0.2) is 11.5 Å². The molecule has 0 aliphatic carbocycles. The van der Waals surface area contributed by atoms with Gasteiger partial charge in [-0.25, -0.2) is 0 Å². The summed E-state index contributed by atoms with van der Waals surface area (Å²) in [7, 11) is 0. The van der Waals surface area contributed by atoms with Gasteiger partial charge < -0.3 is 14.8 Å². The number of hydrogen-bond donors (Lipinski definition) is 1. The predicted octanol–water partition coefficient (Wildman–Crippen LogP) is 7.35. The second kappa shape index (κ2) is 11.9. The Morgan fingerprint density at radius 3 is 2.41 bits per heavy atom. The number of nitrogens with one attached hydrogen (secondary N) is 1. The summed E-state index contributed by atoms with van der Waals surface area (Å²) in [4.78, 5) is 12.8. The van der Waals surface area contributed by atoms with Crippen molar-refractivity contribution in [1.29, 1.82) is 5.26 Å². The zero-order chi connectivity index (χ0) is 24.7. The molecule has 0 saturated carbocycles. The van der Waals surface area contributed by atoms with Crippen molar-refractivity contribution in [3.63, 3.8) is 0 Å². The second-order valence-electron chi connectivity index (χ2n) is 7.61. The summed E-state index contributed by atoms with van der Waals surface area (Å²) in [5.41, 5.74) is 4.24. The van der Waals surface area contributed by atoms with E-state index in [-0.39, 0.29) is 5.57 Å². The third kappa shape index (κ3) is 6.72. The lowest BCUT2D eigenvalue weighted by atomic mass is 10.1. The fourth-order valence-corrected chi connectivity index (χ4v) is 3.85. The Morgan fingerprint density at radius 2 is 1.74 bits per heavy atom. The molecule has 3 aromatic rings. The van der Waals surface area contributed by atoms with E-state index >= 15 is 0 Å². The minimum atomic E-state index is -0.475. The quantitative estimate of drug-likeness (QED) is 0.222. The van der Waals surface area contributed by atoms with Crippen LogP contribution in [0.5, 0.6) is 11.5 Å². The van der Waals surface area contributed by atoms with Crippen LogP contribution < -0.4 is 14.8 Å². The lowest BCUT2D eigenvalue weighted by Gasteiger charge is -2.14. The van der Waals surface area contributed by atoms with Gasteiger partial charge in [-0.05, 0) is 79.4 Å². The van der Waals surface area contributed by atoms with E-state index in [1.165, 1.54) is 6.08 Å². The summed E-state index contributed by atoms with van der Waals surface area (Å²) in [5, 5.41) is 12.5. The molecule has 0 saturated heterocycles. The van der Waals surface area contributed by atoms with Crippen LogP contribution >= 0.6 is 31.9 Å². The number of nitrogens with zero attached hydrogens (tertiary/aromatic N) is 1. The maximum absolute atomic E-state index is 12.8. The highest BCUT2D eigenvalue weighted by atomic mass is 79.9. The summed E-state index contributed by atoms with van der Waals surface area (Å²) in [6, 6.07) is 19.2. The standard InChI is InChI=1S/C27H24Br2N2O3/c1-4-33-25-13-20(23(29)14-26(25)34-16-19-7-9-22(28)10-8-19)12-21(15-30)27(32)31-24-11-17(2)5-6-18(24)3/h5-14H,4,16H2,1-3H3,(H,31,32)/b21-12+. The molecule has 1 amide bonds. The van der Waals surface area contributed by atoms with Gasteiger partial charge in [0.25, 0.3) is 5.91 Å². The summed E-state index contributed by atoms with van der Waals surface area (Å²) in [6.07, 6.45) is 1.53. The van der Waals surface area contributed by atoms with Crippen molar-refractivity contribution >= 4 is 49.5 Å². The first kappa shape index (κ1) is 25.5. The van der Waals surface area contributed by atoms with E-state index in [0.29, 0.717) is 40.4 Å². The summed E-state index contributed by atoms with van der Waals surface area (Å²) < 4.78 is 13.4. The van der Waals surface area contributed by atoms with Gasteiger partial charge in [-0.3, -0.25) is 4.79 Å². The summed E-state index contributed by atoms with van der Waals surface area (Å²) in [5.74, 6) is 0.616. The molecular formula is C27H24Br2N2O3. The molecule has 34 heavy (non-hydrogen) atoms. The van der Waals surface area contributed by atoms with Crippen molar-refractivity contribution in [2.75, 3.05) is 11.9 Å². The third-order valence-electron chi connectivity index (χ3n) is 4.98. The zero-order valence-electron chi connectivity index (χ0n) is 19.1. The summed E-state index contributed by atoms with van der Waals surface area (Å²) >= 11 is 6.96. The van der Waals surface area contributed by atoms with E-state index in [1.54, 1.807) is 12.1 Å². The molecule has 7 heteroatoms. The highest BCUT2D eigenvalue weighted by molar-refractivity contribution is 9.10.